The standard InChI is InChI=1S/C13H21N3/c1-9(2)6-11-7-13-14-8-10-4-3-5-12(10)16(13)15-11/h7,9-10,12,14H,3-6,8H2,1-2H3. The summed E-state index contributed by atoms with van der Waals surface area (Å²) >= 11 is 0. The number of hydrogen-bond acceptors (Lipinski definition) is 2. The minimum absolute atomic E-state index is 0.678. The van der Waals surface area contributed by atoms with Gasteiger partial charge in [0, 0.05) is 12.6 Å². The number of fused-ring (bicyclic) bond motifs is 3. The van der Waals surface area contributed by atoms with Crippen molar-refractivity contribution in [3.8, 4) is 0 Å². The van der Waals surface area contributed by atoms with Crippen molar-refractivity contribution in [2.24, 2.45) is 11.8 Å². The Balaban J connectivity index is 1.88. The molecule has 0 saturated heterocycles. The number of hydrogen-bond donors (Lipinski definition) is 1. The molecule has 1 aliphatic heterocycles. The lowest BCUT2D eigenvalue weighted by molar-refractivity contribution is 0.345. The summed E-state index contributed by atoms with van der Waals surface area (Å²) in [6.07, 6.45) is 5.16. The lowest BCUT2D eigenvalue weighted by Gasteiger charge is -2.28. The summed E-state index contributed by atoms with van der Waals surface area (Å²) in [6, 6.07) is 2.92. The Kier molecular flexibility index (Phi) is 2.41. The summed E-state index contributed by atoms with van der Waals surface area (Å²) in [5.41, 5.74) is 1.25. The molecule has 0 aromatic carbocycles. The fourth-order valence-electron chi connectivity index (χ4n) is 3.16. The second-order valence-corrected chi connectivity index (χ2v) is 5.70. The van der Waals surface area contributed by atoms with Gasteiger partial charge < -0.3 is 5.32 Å². The van der Waals surface area contributed by atoms with Gasteiger partial charge in [-0.15, -0.1) is 0 Å². The molecule has 3 rings (SSSR count). The van der Waals surface area contributed by atoms with Crippen molar-refractivity contribution in [1.29, 1.82) is 0 Å². The van der Waals surface area contributed by atoms with Gasteiger partial charge in [0.2, 0.25) is 0 Å². The molecule has 1 aromatic heterocycles. The molecule has 1 N–H and O–H groups in total. The van der Waals surface area contributed by atoms with E-state index in [1.165, 1.54) is 30.8 Å². The molecule has 2 unspecified atom stereocenters. The molecule has 88 valence electrons. The quantitative estimate of drug-likeness (QED) is 0.829. The van der Waals surface area contributed by atoms with E-state index in [9.17, 15) is 0 Å². The highest BCUT2D eigenvalue weighted by molar-refractivity contribution is 5.40. The van der Waals surface area contributed by atoms with Gasteiger partial charge in [-0.2, -0.15) is 5.10 Å². The molecule has 2 heterocycles. The molecule has 0 bridgehead atoms. The fraction of sp³-hybridized carbons (Fsp3) is 0.769. The Hall–Kier alpha value is -0.990. The largest absolute Gasteiger partial charge is 0.370 e. The maximum atomic E-state index is 4.79. The van der Waals surface area contributed by atoms with E-state index in [2.05, 4.69) is 29.9 Å². The van der Waals surface area contributed by atoms with E-state index in [0.29, 0.717) is 12.0 Å². The first-order chi connectivity index (χ1) is 7.74. The number of anilines is 1. The average molecular weight is 219 g/mol. The Morgan fingerprint density at radius 3 is 3.19 bits per heavy atom. The summed E-state index contributed by atoms with van der Waals surface area (Å²) in [4.78, 5) is 0. The predicted octanol–water partition coefficient (Wildman–Crippen LogP) is 2.85. The van der Waals surface area contributed by atoms with Crippen LogP contribution < -0.4 is 5.32 Å². The molecule has 16 heavy (non-hydrogen) atoms. The summed E-state index contributed by atoms with van der Waals surface area (Å²) in [6.45, 7) is 5.66. The van der Waals surface area contributed by atoms with Crippen LogP contribution in [0.5, 0.6) is 0 Å². The fourth-order valence-corrected chi connectivity index (χ4v) is 3.16. The van der Waals surface area contributed by atoms with Crippen LogP contribution in [0.3, 0.4) is 0 Å². The van der Waals surface area contributed by atoms with E-state index in [1.54, 1.807) is 0 Å². The van der Waals surface area contributed by atoms with Crippen molar-refractivity contribution < 1.29 is 0 Å². The van der Waals surface area contributed by atoms with Crippen molar-refractivity contribution in [3.05, 3.63) is 11.8 Å². The SMILES string of the molecule is CC(C)Cc1cc2n(n1)C1CCCC1CN2. The normalized spacial score (nSPS) is 27.7. The molecular formula is C13H21N3. The van der Waals surface area contributed by atoms with Crippen LogP contribution in [-0.4, -0.2) is 16.3 Å². The molecule has 2 aliphatic rings. The van der Waals surface area contributed by atoms with E-state index < -0.39 is 0 Å². The highest BCUT2D eigenvalue weighted by Crippen LogP contribution is 2.40. The van der Waals surface area contributed by atoms with Crippen LogP contribution in [0.4, 0.5) is 5.82 Å². The first kappa shape index (κ1) is 10.2. The summed E-state index contributed by atoms with van der Waals surface area (Å²) in [5, 5.41) is 8.32. The van der Waals surface area contributed by atoms with Gasteiger partial charge in [0.1, 0.15) is 5.82 Å². The number of rotatable bonds is 2. The third-order valence-corrected chi connectivity index (χ3v) is 3.88. The maximum absolute atomic E-state index is 4.79. The Bertz CT molecular complexity index is 381. The molecule has 2 atom stereocenters. The van der Waals surface area contributed by atoms with Gasteiger partial charge in [0.05, 0.1) is 11.7 Å². The van der Waals surface area contributed by atoms with Crippen molar-refractivity contribution >= 4 is 5.82 Å². The van der Waals surface area contributed by atoms with Crippen LogP contribution in [0.1, 0.15) is 44.8 Å². The molecule has 1 aromatic rings. The predicted molar refractivity (Wildman–Crippen MR) is 65.6 cm³/mol. The lowest BCUT2D eigenvalue weighted by Crippen LogP contribution is -2.29. The summed E-state index contributed by atoms with van der Waals surface area (Å²) < 4.78 is 2.26. The van der Waals surface area contributed by atoms with Gasteiger partial charge in [0.25, 0.3) is 0 Å². The molecule has 1 aliphatic carbocycles. The average Bonchev–Trinajstić information content (AvgIpc) is 2.78. The van der Waals surface area contributed by atoms with Crippen LogP contribution in [0.2, 0.25) is 0 Å². The van der Waals surface area contributed by atoms with E-state index >= 15 is 0 Å². The Morgan fingerprint density at radius 2 is 2.38 bits per heavy atom. The minimum Gasteiger partial charge on any atom is -0.370 e. The van der Waals surface area contributed by atoms with E-state index in [0.717, 1.165) is 18.9 Å². The van der Waals surface area contributed by atoms with Gasteiger partial charge >= 0.3 is 0 Å². The van der Waals surface area contributed by atoms with Crippen molar-refractivity contribution in [3.63, 3.8) is 0 Å². The second kappa shape index (κ2) is 3.79. The van der Waals surface area contributed by atoms with Gasteiger partial charge in [0.15, 0.2) is 0 Å². The molecular weight excluding hydrogens is 198 g/mol. The minimum atomic E-state index is 0.678. The molecule has 0 radical (unpaired) electrons. The van der Waals surface area contributed by atoms with Gasteiger partial charge in [-0.1, -0.05) is 20.3 Å². The Morgan fingerprint density at radius 1 is 1.50 bits per heavy atom. The van der Waals surface area contributed by atoms with Crippen LogP contribution in [-0.2, 0) is 6.42 Å². The molecule has 0 spiro atoms. The van der Waals surface area contributed by atoms with Crippen molar-refractivity contribution in [1.82, 2.24) is 9.78 Å². The van der Waals surface area contributed by atoms with Crippen LogP contribution >= 0.6 is 0 Å². The highest BCUT2D eigenvalue weighted by atomic mass is 15.4. The van der Waals surface area contributed by atoms with Gasteiger partial charge in [-0.3, -0.25) is 0 Å². The smallest absolute Gasteiger partial charge is 0.124 e. The maximum Gasteiger partial charge on any atom is 0.124 e. The van der Waals surface area contributed by atoms with E-state index in [1.807, 2.05) is 0 Å². The Labute approximate surface area is 97.2 Å². The third-order valence-electron chi connectivity index (χ3n) is 3.88. The monoisotopic (exact) mass is 219 g/mol. The number of nitrogens with one attached hydrogen (secondary N) is 1. The zero-order valence-corrected chi connectivity index (χ0v) is 10.2. The van der Waals surface area contributed by atoms with E-state index in [4.69, 9.17) is 5.10 Å². The molecule has 3 nitrogen and oxygen atoms in total. The molecule has 1 saturated carbocycles. The van der Waals surface area contributed by atoms with Crippen molar-refractivity contribution in [2.45, 2.75) is 45.6 Å². The third kappa shape index (κ3) is 1.62. The zero-order chi connectivity index (χ0) is 11.1. The molecule has 1 fully saturated rings. The van der Waals surface area contributed by atoms with Gasteiger partial charge in [-0.05, 0) is 31.1 Å². The second-order valence-electron chi connectivity index (χ2n) is 5.70. The van der Waals surface area contributed by atoms with E-state index in [-0.39, 0.29) is 0 Å². The van der Waals surface area contributed by atoms with Crippen molar-refractivity contribution in [2.75, 3.05) is 11.9 Å². The lowest BCUT2D eigenvalue weighted by atomic mass is 10.0. The first-order valence-corrected chi connectivity index (χ1v) is 6.56. The number of aromatic nitrogens is 2. The van der Waals surface area contributed by atoms with Crippen LogP contribution in [0, 0.1) is 11.8 Å². The van der Waals surface area contributed by atoms with Gasteiger partial charge in [-0.25, -0.2) is 4.68 Å². The van der Waals surface area contributed by atoms with Crippen LogP contribution in [0.15, 0.2) is 6.07 Å². The summed E-state index contributed by atoms with van der Waals surface area (Å²) in [7, 11) is 0. The summed E-state index contributed by atoms with van der Waals surface area (Å²) in [5.74, 6) is 2.76. The zero-order valence-electron chi connectivity index (χ0n) is 10.2. The first-order valence-electron chi connectivity index (χ1n) is 6.56. The molecule has 3 heteroatoms. The van der Waals surface area contributed by atoms with Crippen LogP contribution in [0.25, 0.3) is 0 Å². The number of nitrogens with zero attached hydrogens (tertiary/aromatic N) is 2. The highest BCUT2D eigenvalue weighted by Gasteiger charge is 2.34. The molecule has 0 amide bonds. The topological polar surface area (TPSA) is 29.9 Å².